The number of rotatable bonds is 12. The molecule has 20 heteroatoms. The number of halogens is 3. The van der Waals surface area contributed by atoms with Crippen LogP contribution in [0.1, 0.15) is 32.6 Å². The molecule has 6 rings (SSSR count). The van der Waals surface area contributed by atoms with Gasteiger partial charge in [-0.3, -0.25) is 9.09 Å². The maximum Gasteiger partial charge on any atom is 0.395 e. The second-order valence-electron chi connectivity index (χ2n) is 12.5. The lowest BCUT2D eigenvalue weighted by Crippen LogP contribution is -2.45. The SMILES string of the molecule is COc1nc(N)nc2c1nc(I)n2C1O[C@H](COc2ccc3c(O/[P+]([O-])=N/[C@H](C(=O)OCc4ccc(F)cc4F)C(C)C)cccc3n2)[C@@H](O)[C@@]1(C)O. The molecule has 0 radical (unpaired) electrons. The number of anilines is 1. The van der Waals surface area contributed by atoms with Crippen molar-refractivity contribution in [3.05, 3.63) is 69.6 Å². The molecule has 1 fully saturated rings. The molecule has 0 amide bonds. The van der Waals surface area contributed by atoms with Gasteiger partial charge in [-0.1, -0.05) is 24.7 Å². The van der Waals surface area contributed by atoms with Crippen LogP contribution in [0.5, 0.6) is 17.5 Å². The molecule has 0 spiro atoms. The van der Waals surface area contributed by atoms with Crippen LogP contribution in [0.25, 0.3) is 22.1 Å². The van der Waals surface area contributed by atoms with Crippen LogP contribution in [0.3, 0.4) is 0 Å². The highest BCUT2D eigenvalue weighted by Crippen LogP contribution is 2.42. The quantitative estimate of drug-likeness (QED) is 0.0700. The molecule has 1 saturated heterocycles. The Morgan fingerprint density at radius 1 is 1.19 bits per heavy atom. The van der Waals surface area contributed by atoms with Crippen molar-refractivity contribution in [1.29, 1.82) is 0 Å². The summed E-state index contributed by atoms with van der Waals surface area (Å²) >= 11 is 1.94. The fraction of sp³-hybridized carbons (Fsp3) is 0.364. The van der Waals surface area contributed by atoms with Gasteiger partial charge in [-0.15, -0.1) is 0 Å². The van der Waals surface area contributed by atoms with Crippen molar-refractivity contribution in [2.75, 3.05) is 19.5 Å². The summed E-state index contributed by atoms with van der Waals surface area (Å²) in [7, 11) is -1.38. The molecule has 1 aliphatic heterocycles. The number of aliphatic hydroxyl groups excluding tert-OH is 1. The first kappa shape index (κ1) is 38.3. The second kappa shape index (κ2) is 15.5. The number of imidazole rings is 1. The van der Waals surface area contributed by atoms with Crippen LogP contribution in [0.15, 0.2) is 53.3 Å². The summed E-state index contributed by atoms with van der Waals surface area (Å²) in [5.41, 5.74) is 4.95. The van der Waals surface area contributed by atoms with Crippen LogP contribution in [0.4, 0.5) is 14.7 Å². The minimum Gasteiger partial charge on any atom is -0.575 e. The van der Waals surface area contributed by atoms with E-state index in [9.17, 15) is 28.7 Å². The van der Waals surface area contributed by atoms with E-state index in [-0.39, 0.29) is 41.3 Å². The van der Waals surface area contributed by atoms with E-state index < -0.39 is 68.4 Å². The van der Waals surface area contributed by atoms with Gasteiger partial charge in [0.05, 0.1) is 12.6 Å². The number of ether oxygens (including phenoxy) is 4. The van der Waals surface area contributed by atoms with Crippen molar-refractivity contribution in [3.8, 4) is 17.5 Å². The zero-order valence-electron chi connectivity index (χ0n) is 28.5. The van der Waals surface area contributed by atoms with Gasteiger partial charge in [-0.2, -0.15) is 9.97 Å². The fourth-order valence-corrected chi connectivity index (χ4v) is 7.27. The van der Waals surface area contributed by atoms with Crippen LogP contribution in [0, 0.1) is 21.4 Å². The van der Waals surface area contributed by atoms with E-state index in [2.05, 4.69) is 24.7 Å². The second-order valence-corrected chi connectivity index (χ2v) is 14.3. The Hall–Kier alpha value is -4.40. The molecule has 2 aromatic carbocycles. The molecule has 1 aliphatic rings. The van der Waals surface area contributed by atoms with Gasteiger partial charge in [0.25, 0.3) is 0 Å². The third kappa shape index (κ3) is 7.95. The van der Waals surface area contributed by atoms with E-state index in [4.69, 9.17) is 29.2 Å². The van der Waals surface area contributed by atoms with E-state index in [1.54, 1.807) is 38.1 Å². The summed E-state index contributed by atoms with van der Waals surface area (Å²) in [6, 6.07) is 9.65. The molecule has 16 nitrogen and oxygen atoms in total. The van der Waals surface area contributed by atoms with Gasteiger partial charge in [-0.25, -0.2) is 23.5 Å². The lowest BCUT2D eigenvalue weighted by atomic mass is 9.96. The Morgan fingerprint density at radius 2 is 1.96 bits per heavy atom. The molecule has 5 aromatic rings. The van der Waals surface area contributed by atoms with Crippen molar-refractivity contribution in [2.24, 2.45) is 10.7 Å². The molecule has 0 bridgehead atoms. The van der Waals surface area contributed by atoms with Gasteiger partial charge in [0.2, 0.25) is 17.7 Å². The van der Waals surface area contributed by atoms with E-state index in [1.807, 2.05) is 22.6 Å². The molecular weight excluding hydrogens is 834 g/mol. The number of esters is 1. The van der Waals surface area contributed by atoms with Crippen molar-refractivity contribution >= 4 is 64.7 Å². The number of aliphatic hydroxyl groups is 2. The van der Waals surface area contributed by atoms with Gasteiger partial charge in [0.15, 0.2) is 33.0 Å². The first-order valence-electron chi connectivity index (χ1n) is 16.0. The first-order valence-corrected chi connectivity index (χ1v) is 18.2. The number of carbonyl (C=O) groups is 1. The predicted molar refractivity (Wildman–Crippen MR) is 192 cm³/mol. The molecular formula is C33H33F2IN7O9P. The summed E-state index contributed by atoms with van der Waals surface area (Å²) < 4.78 is 61.2. The molecule has 280 valence electrons. The first-order chi connectivity index (χ1) is 25.2. The van der Waals surface area contributed by atoms with E-state index >= 15 is 0 Å². The Labute approximate surface area is 315 Å². The van der Waals surface area contributed by atoms with E-state index in [1.165, 1.54) is 24.7 Å². The van der Waals surface area contributed by atoms with Crippen LogP contribution in [-0.4, -0.2) is 78.3 Å². The number of carbonyl (C=O) groups excluding carboxylic acids is 1. The maximum atomic E-state index is 14.0. The third-order valence-electron chi connectivity index (χ3n) is 8.38. The standard InChI is InChI=1S/C33H33F2IN7O9P/c1-15(2)24(29(45)50-13-16-8-9-17(34)12-19(16)35)42-53(47)52-21-7-5-6-20-18(21)10-11-23(38-20)49-14-22-26(44)33(3,46)30(51-22)43-27-25(39-31(43)36)28(48-4)41-32(37)40-27/h5-12,15,22,24,26,30,44,46H,13-14H2,1-4H3,(H2,37,40,41)/t22-,24+,26-,30?,33-/m1/s1. The Balaban J connectivity index is 1.14. The molecule has 3 aromatic heterocycles. The topological polar surface area (TPSA) is 222 Å². The van der Waals surface area contributed by atoms with Gasteiger partial charge < -0.3 is 39.8 Å². The summed E-state index contributed by atoms with van der Waals surface area (Å²) in [5.74, 6) is -2.57. The molecule has 53 heavy (non-hydrogen) atoms. The summed E-state index contributed by atoms with van der Waals surface area (Å²) in [6.45, 7) is 4.08. The number of nitrogen functional groups attached to an aromatic ring is 1. The van der Waals surface area contributed by atoms with Gasteiger partial charge in [0.1, 0.15) is 42.7 Å². The van der Waals surface area contributed by atoms with Crippen molar-refractivity contribution in [1.82, 2.24) is 24.5 Å². The molecule has 2 unspecified atom stereocenters. The number of nitrogens with zero attached hydrogens (tertiary/aromatic N) is 6. The number of nitrogens with two attached hydrogens (primary N) is 1. The summed E-state index contributed by atoms with van der Waals surface area (Å²) in [5, 5.41) is 22.9. The third-order valence-corrected chi connectivity index (χ3v) is 9.93. The van der Waals surface area contributed by atoms with Gasteiger partial charge >= 0.3 is 14.1 Å². The smallest absolute Gasteiger partial charge is 0.395 e. The molecule has 4 heterocycles. The van der Waals surface area contributed by atoms with E-state index in [0.717, 1.165) is 12.1 Å². The average molecular weight is 868 g/mol. The summed E-state index contributed by atoms with van der Waals surface area (Å²) in [6.07, 6.45) is -3.57. The highest BCUT2D eigenvalue weighted by Gasteiger charge is 2.54. The lowest BCUT2D eigenvalue weighted by Gasteiger charge is -2.27. The average Bonchev–Trinajstić information content (AvgIpc) is 3.54. The molecule has 0 saturated carbocycles. The monoisotopic (exact) mass is 867 g/mol. The van der Waals surface area contributed by atoms with E-state index in [0.29, 0.717) is 26.3 Å². The Morgan fingerprint density at radius 3 is 2.68 bits per heavy atom. The van der Waals surface area contributed by atoms with Crippen molar-refractivity contribution < 1.29 is 52.2 Å². The highest BCUT2D eigenvalue weighted by atomic mass is 127. The predicted octanol–water partition coefficient (Wildman–Crippen LogP) is 3.94. The number of aromatic nitrogens is 5. The fourth-order valence-electron chi connectivity index (χ4n) is 5.61. The van der Waals surface area contributed by atoms with Gasteiger partial charge in [0, 0.05) is 45.7 Å². The Bertz CT molecular complexity index is 2210. The number of methoxy groups -OCH3 is 1. The zero-order chi connectivity index (χ0) is 38.2. The Kier molecular flexibility index (Phi) is 11.2. The number of hydrogen-bond donors (Lipinski definition) is 3. The van der Waals surface area contributed by atoms with Crippen LogP contribution >= 0.6 is 30.8 Å². The van der Waals surface area contributed by atoms with Gasteiger partial charge in [-0.05, 0) is 43.2 Å². The minimum absolute atomic E-state index is 0.0293. The zero-order valence-corrected chi connectivity index (χ0v) is 31.6. The van der Waals surface area contributed by atoms with Crippen molar-refractivity contribution in [3.63, 3.8) is 0 Å². The lowest BCUT2D eigenvalue weighted by molar-refractivity contribution is -0.170. The summed E-state index contributed by atoms with van der Waals surface area (Å²) in [4.78, 5) is 43.0. The normalized spacial score (nSPS) is 21.0. The van der Waals surface area contributed by atoms with Crippen LogP contribution in [-0.2, 0) is 20.9 Å². The maximum absolute atomic E-state index is 14.0. The molecule has 0 aliphatic carbocycles. The van der Waals surface area contributed by atoms with Crippen LogP contribution in [0.2, 0.25) is 0 Å². The number of benzene rings is 2. The highest BCUT2D eigenvalue weighted by molar-refractivity contribution is 14.1. The molecule has 6 atom stereocenters. The number of fused-ring (bicyclic) bond motifs is 2. The number of pyridine rings is 1. The largest absolute Gasteiger partial charge is 0.575 e. The van der Waals surface area contributed by atoms with Crippen molar-refractivity contribution in [2.45, 2.75) is 57.5 Å². The van der Waals surface area contributed by atoms with Crippen LogP contribution < -0.4 is 24.6 Å². The number of hydrogen-bond acceptors (Lipinski definition) is 15. The minimum atomic E-state index is -2.79. The molecule has 4 N–H and O–H groups in total.